The molecule has 1 aliphatic rings. The monoisotopic (exact) mass is 186 g/mol. The fourth-order valence-corrected chi connectivity index (χ4v) is 1.71. The number of rotatable bonds is 3. The van der Waals surface area contributed by atoms with Gasteiger partial charge in [-0.1, -0.05) is 0 Å². The summed E-state index contributed by atoms with van der Waals surface area (Å²) in [7, 11) is 0. The lowest BCUT2D eigenvalue weighted by molar-refractivity contribution is -0.152. The molecule has 0 spiro atoms. The lowest BCUT2D eigenvalue weighted by Gasteiger charge is -2.22. The van der Waals surface area contributed by atoms with Crippen molar-refractivity contribution in [3.8, 4) is 0 Å². The maximum Gasteiger partial charge on any atom is 0.319 e. The lowest BCUT2D eigenvalue weighted by atomic mass is 9.78. The first kappa shape index (κ1) is 10.2. The van der Waals surface area contributed by atoms with E-state index >= 15 is 0 Å². The standard InChI is InChI=1S/C9H14O4/c1-6(10)5-9(7(2)11)3-4-13-8(9)12/h6,10H,3-5H2,1-2H3. The molecule has 0 bridgehead atoms. The fraction of sp³-hybridized carbons (Fsp3) is 0.778. The van der Waals surface area contributed by atoms with Gasteiger partial charge in [0.1, 0.15) is 11.2 Å². The first-order valence-corrected chi connectivity index (χ1v) is 4.35. The number of carbonyl (C=O) groups excluding carboxylic acids is 2. The van der Waals surface area contributed by atoms with Crippen molar-refractivity contribution in [3.05, 3.63) is 0 Å². The minimum absolute atomic E-state index is 0.168. The molecule has 1 N–H and O–H groups in total. The third kappa shape index (κ3) is 1.72. The summed E-state index contributed by atoms with van der Waals surface area (Å²) >= 11 is 0. The summed E-state index contributed by atoms with van der Waals surface area (Å²) in [6.45, 7) is 3.22. The molecule has 1 heterocycles. The number of cyclic esters (lactones) is 1. The van der Waals surface area contributed by atoms with Crippen molar-refractivity contribution in [1.82, 2.24) is 0 Å². The number of hydrogen-bond donors (Lipinski definition) is 1. The Balaban J connectivity index is 2.87. The van der Waals surface area contributed by atoms with Gasteiger partial charge in [-0.2, -0.15) is 0 Å². The lowest BCUT2D eigenvalue weighted by Crippen LogP contribution is -2.37. The molecule has 2 unspecified atom stereocenters. The van der Waals surface area contributed by atoms with Gasteiger partial charge in [-0.25, -0.2) is 0 Å². The van der Waals surface area contributed by atoms with Crippen LogP contribution in [0.4, 0.5) is 0 Å². The molecule has 0 saturated carbocycles. The average Bonchev–Trinajstić information content (AvgIpc) is 2.32. The molecule has 0 aromatic carbocycles. The summed E-state index contributed by atoms with van der Waals surface area (Å²) in [5.41, 5.74) is -1.08. The zero-order chi connectivity index (χ0) is 10.1. The second-order valence-electron chi connectivity index (χ2n) is 3.58. The minimum Gasteiger partial charge on any atom is -0.465 e. The van der Waals surface area contributed by atoms with E-state index < -0.39 is 17.5 Å². The van der Waals surface area contributed by atoms with Crippen LogP contribution in [-0.2, 0) is 14.3 Å². The molecular formula is C9H14O4. The van der Waals surface area contributed by atoms with Gasteiger partial charge >= 0.3 is 5.97 Å². The number of Topliss-reactive ketones (excluding diaryl/α,β-unsaturated/α-hetero) is 1. The number of hydrogen-bond acceptors (Lipinski definition) is 4. The zero-order valence-corrected chi connectivity index (χ0v) is 7.87. The van der Waals surface area contributed by atoms with Crippen molar-refractivity contribution < 1.29 is 19.4 Å². The summed E-state index contributed by atoms with van der Waals surface area (Å²) < 4.78 is 4.76. The third-order valence-corrected chi connectivity index (χ3v) is 2.47. The maximum absolute atomic E-state index is 11.3. The average molecular weight is 186 g/mol. The fourth-order valence-electron chi connectivity index (χ4n) is 1.71. The van der Waals surface area contributed by atoms with Crippen molar-refractivity contribution in [3.63, 3.8) is 0 Å². The SMILES string of the molecule is CC(=O)C1(CC(C)O)CCOC1=O. The number of ketones is 1. The summed E-state index contributed by atoms with van der Waals surface area (Å²) in [4.78, 5) is 22.6. The summed E-state index contributed by atoms with van der Waals surface area (Å²) in [5, 5.41) is 9.18. The Morgan fingerprint density at radius 1 is 1.77 bits per heavy atom. The predicted molar refractivity (Wildman–Crippen MR) is 45.0 cm³/mol. The molecule has 2 atom stereocenters. The zero-order valence-electron chi connectivity index (χ0n) is 7.87. The van der Waals surface area contributed by atoms with Gasteiger partial charge < -0.3 is 9.84 Å². The molecule has 0 amide bonds. The van der Waals surface area contributed by atoms with Crippen molar-refractivity contribution in [2.75, 3.05) is 6.61 Å². The molecule has 0 aliphatic carbocycles. The predicted octanol–water partition coefficient (Wildman–Crippen LogP) is 0.280. The van der Waals surface area contributed by atoms with E-state index in [-0.39, 0.29) is 18.8 Å². The summed E-state index contributed by atoms with van der Waals surface area (Å²) in [6, 6.07) is 0. The quantitative estimate of drug-likeness (QED) is 0.508. The van der Waals surface area contributed by atoms with Crippen molar-refractivity contribution in [1.29, 1.82) is 0 Å². The van der Waals surface area contributed by atoms with Crippen LogP contribution >= 0.6 is 0 Å². The molecule has 0 aromatic rings. The van der Waals surface area contributed by atoms with Gasteiger partial charge in [0.15, 0.2) is 0 Å². The van der Waals surface area contributed by atoms with Crippen LogP contribution in [0.5, 0.6) is 0 Å². The van der Waals surface area contributed by atoms with Crippen LogP contribution in [0.1, 0.15) is 26.7 Å². The smallest absolute Gasteiger partial charge is 0.319 e. The van der Waals surface area contributed by atoms with Crippen molar-refractivity contribution in [2.45, 2.75) is 32.8 Å². The van der Waals surface area contributed by atoms with Crippen LogP contribution in [0.2, 0.25) is 0 Å². The Labute approximate surface area is 76.9 Å². The largest absolute Gasteiger partial charge is 0.465 e. The second kappa shape index (κ2) is 3.46. The van der Waals surface area contributed by atoms with Crippen LogP contribution in [0.25, 0.3) is 0 Å². The van der Waals surface area contributed by atoms with E-state index in [2.05, 4.69) is 0 Å². The van der Waals surface area contributed by atoms with Crippen LogP contribution in [0, 0.1) is 5.41 Å². The molecule has 13 heavy (non-hydrogen) atoms. The Morgan fingerprint density at radius 3 is 2.69 bits per heavy atom. The van der Waals surface area contributed by atoms with Crippen LogP contribution in [0.15, 0.2) is 0 Å². The maximum atomic E-state index is 11.3. The number of aliphatic hydroxyl groups excluding tert-OH is 1. The van der Waals surface area contributed by atoms with E-state index in [1.54, 1.807) is 6.92 Å². The van der Waals surface area contributed by atoms with Crippen LogP contribution in [0.3, 0.4) is 0 Å². The molecule has 0 aromatic heterocycles. The van der Waals surface area contributed by atoms with E-state index in [0.717, 1.165) is 0 Å². The van der Waals surface area contributed by atoms with Gasteiger partial charge in [0, 0.05) is 6.42 Å². The summed E-state index contributed by atoms with van der Waals surface area (Å²) in [5.74, 6) is -0.697. The van der Waals surface area contributed by atoms with E-state index in [0.29, 0.717) is 6.42 Å². The Bertz CT molecular complexity index is 234. The molecule has 0 radical (unpaired) electrons. The highest BCUT2D eigenvalue weighted by molar-refractivity contribution is 6.03. The molecule has 1 fully saturated rings. The molecule has 1 rings (SSSR count). The van der Waals surface area contributed by atoms with E-state index in [1.165, 1.54) is 6.92 Å². The van der Waals surface area contributed by atoms with Gasteiger partial charge in [0.2, 0.25) is 0 Å². The van der Waals surface area contributed by atoms with Crippen molar-refractivity contribution in [2.24, 2.45) is 5.41 Å². The normalized spacial score (nSPS) is 29.9. The number of aliphatic hydroxyl groups is 1. The van der Waals surface area contributed by atoms with E-state index in [1.807, 2.05) is 0 Å². The number of esters is 1. The molecular weight excluding hydrogens is 172 g/mol. The summed E-state index contributed by atoms with van der Waals surface area (Å²) in [6.07, 6.45) is -0.0951. The Hall–Kier alpha value is -0.900. The van der Waals surface area contributed by atoms with Gasteiger partial charge in [-0.15, -0.1) is 0 Å². The van der Waals surface area contributed by atoms with Crippen LogP contribution in [-0.4, -0.2) is 29.6 Å². The van der Waals surface area contributed by atoms with E-state index in [4.69, 9.17) is 4.74 Å². The molecule has 1 saturated heterocycles. The minimum atomic E-state index is -1.08. The Morgan fingerprint density at radius 2 is 2.38 bits per heavy atom. The first-order chi connectivity index (χ1) is 5.99. The molecule has 1 aliphatic heterocycles. The number of ether oxygens (including phenoxy) is 1. The first-order valence-electron chi connectivity index (χ1n) is 4.35. The van der Waals surface area contributed by atoms with Gasteiger partial charge in [-0.05, 0) is 20.3 Å². The highest BCUT2D eigenvalue weighted by atomic mass is 16.5. The van der Waals surface area contributed by atoms with Gasteiger partial charge in [-0.3, -0.25) is 9.59 Å². The highest BCUT2D eigenvalue weighted by Gasteiger charge is 2.49. The second-order valence-corrected chi connectivity index (χ2v) is 3.58. The molecule has 74 valence electrons. The van der Waals surface area contributed by atoms with E-state index in [9.17, 15) is 14.7 Å². The van der Waals surface area contributed by atoms with Crippen LogP contribution < -0.4 is 0 Å². The van der Waals surface area contributed by atoms with Gasteiger partial charge in [0.05, 0.1) is 12.7 Å². The highest BCUT2D eigenvalue weighted by Crippen LogP contribution is 2.35. The van der Waals surface area contributed by atoms with Gasteiger partial charge in [0.25, 0.3) is 0 Å². The topological polar surface area (TPSA) is 63.6 Å². The molecule has 4 heteroatoms. The molecule has 4 nitrogen and oxygen atoms in total. The Kier molecular flexibility index (Phi) is 2.71. The number of carbonyl (C=O) groups is 2. The van der Waals surface area contributed by atoms with Crippen molar-refractivity contribution >= 4 is 11.8 Å². The third-order valence-electron chi connectivity index (χ3n) is 2.47.